The minimum Gasteiger partial charge on any atom is -0.481 e. The Morgan fingerprint density at radius 2 is 0.906 bits per heavy atom. The molecule has 34 nitrogen and oxygen atoms in total. The fraction of sp³-hybridized carbons (Fsp3) is 0.725. The van der Waals surface area contributed by atoms with Crippen LogP contribution in [0.4, 0.5) is 0 Å². The summed E-state index contributed by atoms with van der Waals surface area (Å²) in [6.07, 6.45) is -2.93. The normalized spacial score (nSPS) is 15.7. The average molecular weight is 1220 g/mol. The molecule has 0 rings (SSSR count). The van der Waals surface area contributed by atoms with Crippen LogP contribution >= 0.6 is 0 Å². The molecule has 85 heavy (non-hydrogen) atoms. The Hall–Kier alpha value is -7.66. The summed E-state index contributed by atoms with van der Waals surface area (Å²) in [6.45, 7) is 9.50. The van der Waals surface area contributed by atoms with Gasteiger partial charge < -0.3 is 106 Å². The number of aliphatic hydroxyl groups is 4. The van der Waals surface area contributed by atoms with Crippen molar-refractivity contribution in [3.8, 4) is 0 Å². The molecular formula is C51H90N14O20. The van der Waals surface area contributed by atoms with Crippen molar-refractivity contribution in [2.45, 2.75) is 180 Å². The van der Waals surface area contributed by atoms with Crippen LogP contribution in [0.25, 0.3) is 0 Å². The van der Waals surface area contributed by atoms with Gasteiger partial charge in [-0.15, -0.1) is 0 Å². The number of unbranched alkanes of at least 4 members (excludes halogenated alkanes) is 1. The van der Waals surface area contributed by atoms with Gasteiger partial charge in [-0.1, -0.05) is 48.0 Å². The molecule has 0 aliphatic carbocycles. The molecule has 0 saturated heterocycles. The first-order valence-electron chi connectivity index (χ1n) is 27.7. The molecule has 0 radical (unpaired) electrons. The van der Waals surface area contributed by atoms with Gasteiger partial charge in [-0.3, -0.25) is 62.3 Å². The van der Waals surface area contributed by atoms with Crippen LogP contribution in [0.3, 0.4) is 0 Å². The number of aliphatic carboxylic acids is 2. The zero-order valence-corrected chi connectivity index (χ0v) is 49.4. The SMILES string of the molecule is CC[C@H](C)[C@H](NC(=O)CNC(=O)CNC(=O)[C@H](C)NC(=O)[C@H](CO)NC(=O)[C@H](CCCCN)NC(=O)[C@@H](NC(=O)[C@@H](N)CCC(=O)O)[C@@H](C)O)C(=O)N[C@H](C(=O)N[C@@H](CC(C)C)C(=O)N[C@H](C(=O)NCC(=O)N[C@@H](CO)C(=O)O)[C@@H](C)O)C(C)C. The van der Waals surface area contributed by atoms with Gasteiger partial charge in [0.1, 0.15) is 54.4 Å². The first-order valence-corrected chi connectivity index (χ1v) is 27.7. The second-order valence-electron chi connectivity index (χ2n) is 21.0. The molecule has 0 spiro atoms. The first-order chi connectivity index (χ1) is 39.6. The monoisotopic (exact) mass is 1220 g/mol. The number of amides is 12. The number of aliphatic hydroxyl groups excluding tert-OH is 4. The summed E-state index contributed by atoms with van der Waals surface area (Å²) >= 11 is 0. The first kappa shape index (κ1) is 77.3. The lowest BCUT2D eigenvalue weighted by Crippen LogP contribution is -2.61. The molecule has 12 amide bonds. The highest BCUT2D eigenvalue weighted by molar-refractivity contribution is 5.99. The number of hydrogen-bond acceptors (Lipinski definition) is 20. The predicted molar refractivity (Wildman–Crippen MR) is 299 cm³/mol. The van der Waals surface area contributed by atoms with E-state index >= 15 is 0 Å². The van der Waals surface area contributed by atoms with Gasteiger partial charge in [0, 0.05) is 6.42 Å². The van der Waals surface area contributed by atoms with E-state index in [2.05, 4.69) is 58.5 Å². The molecule has 0 aromatic rings. The zero-order valence-electron chi connectivity index (χ0n) is 49.4. The van der Waals surface area contributed by atoms with Crippen LogP contribution < -0.4 is 75.3 Å². The largest absolute Gasteiger partial charge is 0.481 e. The van der Waals surface area contributed by atoms with Crippen molar-refractivity contribution in [2.24, 2.45) is 29.2 Å². The molecular weight excluding hydrogens is 1130 g/mol. The van der Waals surface area contributed by atoms with E-state index in [1.54, 1.807) is 41.5 Å². The maximum absolute atomic E-state index is 13.8. The third kappa shape index (κ3) is 29.6. The van der Waals surface area contributed by atoms with Crippen LogP contribution in [0.5, 0.6) is 0 Å². The fourth-order valence-corrected chi connectivity index (χ4v) is 7.54. The minimum absolute atomic E-state index is 0.00414. The summed E-state index contributed by atoms with van der Waals surface area (Å²) in [5.74, 6) is -15.6. The molecule has 484 valence electrons. The summed E-state index contributed by atoms with van der Waals surface area (Å²) in [4.78, 5) is 180. The molecule has 0 aromatic carbocycles. The van der Waals surface area contributed by atoms with Crippen molar-refractivity contribution < 1.29 is 97.8 Å². The topological polar surface area (TPSA) is 557 Å². The molecule has 0 aliphatic rings. The number of carboxylic acids is 2. The summed E-state index contributed by atoms with van der Waals surface area (Å²) in [5.41, 5.74) is 11.3. The summed E-state index contributed by atoms with van der Waals surface area (Å²) < 4.78 is 0. The minimum atomic E-state index is -1.71. The standard InChI is InChI=1S/C51H90N14O20/c1-10-25(6)39(49(82)63-38(24(4)5)48(81)60-31(17-23(2)3)45(78)65-40(27(8)68)47(80)56-20-35(71)58-33(22-67)51(84)85)62-36(72)19-54-34(70)18-55-42(75)26(7)57-46(79)32(21-66)61-44(77)30(13-11-12-16-52)59-50(83)41(28(9)69)64-43(76)29(53)14-15-37(73)74/h23-33,38-41,66-69H,10-22,52-53H2,1-9H3,(H,54,70)(H,55,75)(H,56,80)(H,57,79)(H,58,71)(H,59,83)(H,60,81)(H,61,77)(H,62,72)(H,63,82)(H,64,76)(H,65,78)(H,73,74)(H,84,85)/t25-,26-,27+,28+,29-,30-,31-,32-,33-,38-,39-,40-,41-/m0/s1. The Kier molecular flexibility index (Phi) is 36.2. The van der Waals surface area contributed by atoms with Crippen molar-refractivity contribution in [1.82, 2.24) is 63.8 Å². The van der Waals surface area contributed by atoms with Crippen molar-refractivity contribution in [3.63, 3.8) is 0 Å². The fourth-order valence-electron chi connectivity index (χ4n) is 7.54. The highest BCUT2D eigenvalue weighted by Gasteiger charge is 2.37. The van der Waals surface area contributed by atoms with Gasteiger partial charge >= 0.3 is 11.9 Å². The molecule has 34 heteroatoms. The lowest BCUT2D eigenvalue weighted by Gasteiger charge is -2.30. The number of carbonyl (C=O) groups is 14. The van der Waals surface area contributed by atoms with Crippen molar-refractivity contribution in [1.29, 1.82) is 0 Å². The number of carbonyl (C=O) groups excluding carboxylic acids is 12. The van der Waals surface area contributed by atoms with Crippen LogP contribution in [0.2, 0.25) is 0 Å². The van der Waals surface area contributed by atoms with Crippen LogP contribution in [0, 0.1) is 17.8 Å². The molecule has 0 unspecified atom stereocenters. The number of rotatable bonds is 41. The molecule has 13 atom stereocenters. The Balaban J connectivity index is 5.77. The van der Waals surface area contributed by atoms with Crippen molar-refractivity contribution in [2.75, 3.05) is 39.4 Å². The van der Waals surface area contributed by atoms with Gasteiger partial charge in [-0.05, 0) is 77.2 Å². The van der Waals surface area contributed by atoms with E-state index in [4.69, 9.17) is 26.8 Å². The van der Waals surface area contributed by atoms with E-state index in [0.717, 1.165) is 13.8 Å². The van der Waals surface area contributed by atoms with E-state index in [1.165, 1.54) is 6.92 Å². The smallest absolute Gasteiger partial charge is 0.328 e. The highest BCUT2D eigenvalue weighted by Crippen LogP contribution is 2.13. The summed E-state index contributed by atoms with van der Waals surface area (Å²) in [6, 6.07) is -14.8. The van der Waals surface area contributed by atoms with Crippen LogP contribution in [0.15, 0.2) is 0 Å². The van der Waals surface area contributed by atoms with Crippen LogP contribution in [-0.2, 0) is 67.1 Å². The van der Waals surface area contributed by atoms with Crippen molar-refractivity contribution in [3.05, 3.63) is 0 Å². The summed E-state index contributed by atoms with van der Waals surface area (Å²) in [5, 5.41) is 85.6. The van der Waals surface area contributed by atoms with Crippen molar-refractivity contribution >= 4 is 82.8 Å². The summed E-state index contributed by atoms with van der Waals surface area (Å²) in [7, 11) is 0. The van der Waals surface area contributed by atoms with E-state index in [0.29, 0.717) is 12.8 Å². The molecule has 0 aromatic heterocycles. The molecule has 22 N–H and O–H groups in total. The van der Waals surface area contributed by atoms with E-state index in [9.17, 15) is 82.4 Å². The van der Waals surface area contributed by atoms with Gasteiger partial charge in [0.2, 0.25) is 70.9 Å². The Morgan fingerprint density at radius 1 is 0.447 bits per heavy atom. The van der Waals surface area contributed by atoms with E-state index < -0.39 is 207 Å². The zero-order chi connectivity index (χ0) is 65.4. The quantitative estimate of drug-likeness (QED) is 0.0253. The Labute approximate surface area is 491 Å². The van der Waals surface area contributed by atoms with Crippen LogP contribution in [0.1, 0.15) is 107 Å². The Morgan fingerprint density at radius 3 is 1.42 bits per heavy atom. The molecule has 0 saturated carbocycles. The van der Waals surface area contributed by atoms with Gasteiger partial charge in [0.05, 0.1) is 51.1 Å². The second kappa shape index (κ2) is 39.8. The number of nitrogens with one attached hydrogen (secondary N) is 12. The molecule has 0 fully saturated rings. The van der Waals surface area contributed by atoms with Gasteiger partial charge in [0.25, 0.3) is 0 Å². The number of carboxylic acid groups (broad SMARTS) is 2. The van der Waals surface area contributed by atoms with Gasteiger partial charge in [-0.25, -0.2) is 4.79 Å². The molecule has 0 heterocycles. The van der Waals surface area contributed by atoms with Crippen LogP contribution in [-0.4, -0.2) is 225 Å². The number of hydrogen-bond donors (Lipinski definition) is 20. The van der Waals surface area contributed by atoms with E-state index in [-0.39, 0.29) is 38.1 Å². The molecule has 0 aliphatic heterocycles. The second-order valence-corrected chi connectivity index (χ2v) is 21.0. The van der Waals surface area contributed by atoms with Gasteiger partial charge in [0.15, 0.2) is 0 Å². The average Bonchev–Trinajstić information content (AvgIpc) is 3.46. The third-order valence-corrected chi connectivity index (χ3v) is 12.8. The lowest BCUT2D eigenvalue weighted by atomic mass is 9.96. The van der Waals surface area contributed by atoms with E-state index in [1.807, 2.05) is 5.32 Å². The predicted octanol–water partition coefficient (Wildman–Crippen LogP) is -8.38. The third-order valence-electron chi connectivity index (χ3n) is 12.8. The van der Waals surface area contributed by atoms with Gasteiger partial charge in [-0.2, -0.15) is 0 Å². The highest BCUT2D eigenvalue weighted by atomic mass is 16.4. The number of nitrogens with two attached hydrogens (primary N) is 2. The maximum atomic E-state index is 13.8. The maximum Gasteiger partial charge on any atom is 0.328 e. The Bertz CT molecular complexity index is 2290. The molecule has 0 bridgehead atoms. The lowest BCUT2D eigenvalue weighted by molar-refractivity contribution is -0.143.